The molecule has 0 saturated carbocycles. The molecule has 0 fully saturated rings. The van der Waals surface area contributed by atoms with Gasteiger partial charge in [-0.15, -0.1) is 0 Å². The van der Waals surface area contributed by atoms with Crippen LogP contribution in [0.25, 0.3) is 86.2 Å². The fraction of sp³-hybridized carbons (Fsp3) is 0.0312. The Morgan fingerprint density at radius 3 is 0.926 bits per heavy atom. The topological polar surface area (TPSA) is 6.48 Å². The lowest BCUT2D eigenvalue weighted by Crippen LogP contribution is -2.10. The molecule has 2 nitrogen and oxygen atoms in total. The molecule has 13 aromatic rings. The van der Waals surface area contributed by atoms with Crippen molar-refractivity contribution in [1.29, 1.82) is 0 Å². The molecule has 13 rings (SSSR count). The third-order valence-corrected chi connectivity index (χ3v) is 14.0. The molecule has 0 aliphatic heterocycles. The van der Waals surface area contributed by atoms with Crippen molar-refractivity contribution in [3.8, 4) is 0 Å². The number of anilines is 6. The quantitative estimate of drug-likeness (QED) is 0.121. The molecule has 0 heterocycles. The second-order valence-corrected chi connectivity index (χ2v) is 18.2. The largest absolute Gasteiger partial charge is 0.310 e. The molecular weight excluding hydrogens is 835 g/mol. The molecule has 322 valence electrons. The number of hydrogen-bond donors (Lipinski definition) is 0. The predicted molar refractivity (Wildman–Crippen MR) is 285 cm³/mol. The average molecular weight is 877 g/mol. The van der Waals surface area contributed by atoms with Crippen LogP contribution in [-0.2, 0) is 0 Å². The molecule has 0 radical (unpaired) electrons. The van der Waals surface area contributed by atoms with Crippen LogP contribution in [0, 0.1) is 25.5 Å². The van der Waals surface area contributed by atoms with Gasteiger partial charge in [-0.1, -0.05) is 120 Å². The normalized spacial score (nSPS) is 11.8. The summed E-state index contributed by atoms with van der Waals surface area (Å²) in [5, 5.41) is 16.4. The maximum Gasteiger partial charge on any atom is 0.123 e. The lowest BCUT2D eigenvalue weighted by atomic mass is 9.88. The van der Waals surface area contributed by atoms with Crippen LogP contribution < -0.4 is 9.80 Å². The highest BCUT2D eigenvalue weighted by Gasteiger charge is 2.21. The summed E-state index contributed by atoms with van der Waals surface area (Å²) < 4.78 is 31.2. The first kappa shape index (κ1) is 39.7. The number of fused-ring (bicyclic) bond motifs is 14. The van der Waals surface area contributed by atoms with E-state index in [1.807, 2.05) is 12.1 Å². The Labute approximate surface area is 392 Å². The number of aryl methyl sites for hydroxylation is 2. The lowest BCUT2D eigenvalue weighted by molar-refractivity contribution is 0.629. The zero-order valence-corrected chi connectivity index (χ0v) is 37.4. The average Bonchev–Trinajstić information content (AvgIpc) is 3.37. The van der Waals surface area contributed by atoms with Gasteiger partial charge in [0.15, 0.2) is 0 Å². The van der Waals surface area contributed by atoms with Gasteiger partial charge in [0.2, 0.25) is 0 Å². The number of halogens is 2. The van der Waals surface area contributed by atoms with Gasteiger partial charge >= 0.3 is 0 Å². The maximum atomic E-state index is 15.6. The van der Waals surface area contributed by atoms with Gasteiger partial charge in [0.05, 0.1) is 0 Å². The van der Waals surface area contributed by atoms with Crippen molar-refractivity contribution in [3.63, 3.8) is 0 Å². The van der Waals surface area contributed by atoms with Crippen LogP contribution in [0.1, 0.15) is 11.1 Å². The zero-order chi connectivity index (χ0) is 45.6. The van der Waals surface area contributed by atoms with Crippen molar-refractivity contribution in [1.82, 2.24) is 0 Å². The van der Waals surface area contributed by atoms with Crippen molar-refractivity contribution in [3.05, 3.63) is 241 Å². The lowest BCUT2D eigenvalue weighted by Gasteiger charge is -2.27. The number of benzene rings is 13. The Hall–Kier alpha value is -8.60. The zero-order valence-electron chi connectivity index (χ0n) is 37.4. The Morgan fingerprint density at radius 2 is 0.529 bits per heavy atom. The molecular formula is C64H42F2N2. The van der Waals surface area contributed by atoms with E-state index in [2.05, 4.69) is 206 Å². The molecule has 0 aromatic heterocycles. The van der Waals surface area contributed by atoms with E-state index >= 15 is 8.78 Å². The fourth-order valence-corrected chi connectivity index (χ4v) is 10.6. The van der Waals surface area contributed by atoms with E-state index in [1.54, 1.807) is 24.3 Å². The van der Waals surface area contributed by atoms with Gasteiger partial charge < -0.3 is 9.80 Å². The molecule has 68 heavy (non-hydrogen) atoms. The molecule has 0 spiro atoms. The van der Waals surface area contributed by atoms with Crippen molar-refractivity contribution >= 4 is 120 Å². The first-order chi connectivity index (χ1) is 33.3. The van der Waals surface area contributed by atoms with E-state index in [9.17, 15) is 0 Å². The van der Waals surface area contributed by atoms with Crippen molar-refractivity contribution in [2.24, 2.45) is 0 Å². The molecule has 0 atom stereocenters. The van der Waals surface area contributed by atoms with Gasteiger partial charge in [0.25, 0.3) is 0 Å². The molecule has 4 heteroatoms. The second-order valence-electron chi connectivity index (χ2n) is 18.2. The van der Waals surface area contributed by atoms with Crippen LogP contribution in [0.5, 0.6) is 0 Å². The summed E-state index contributed by atoms with van der Waals surface area (Å²) >= 11 is 0. The predicted octanol–water partition coefficient (Wildman–Crippen LogP) is 18.7. The smallest absolute Gasteiger partial charge is 0.123 e. The number of hydrogen-bond acceptors (Lipinski definition) is 2. The molecule has 0 N–H and O–H groups in total. The highest BCUT2D eigenvalue weighted by molar-refractivity contribution is 6.33. The number of rotatable bonds is 6. The van der Waals surface area contributed by atoms with Gasteiger partial charge in [0, 0.05) is 34.1 Å². The monoisotopic (exact) mass is 876 g/mol. The fourth-order valence-electron chi connectivity index (χ4n) is 10.6. The van der Waals surface area contributed by atoms with Gasteiger partial charge in [-0.25, -0.2) is 8.78 Å². The Morgan fingerprint density at radius 1 is 0.235 bits per heavy atom. The van der Waals surface area contributed by atoms with Crippen LogP contribution >= 0.6 is 0 Å². The summed E-state index contributed by atoms with van der Waals surface area (Å²) in [4.78, 5) is 4.56. The summed E-state index contributed by atoms with van der Waals surface area (Å²) in [6.45, 7) is 4.20. The van der Waals surface area contributed by atoms with Crippen molar-refractivity contribution in [2.45, 2.75) is 13.8 Å². The molecule has 0 amide bonds. The van der Waals surface area contributed by atoms with Crippen LogP contribution in [0.2, 0.25) is 0 Å². The minimum atomic E-state index is -0.287. The van der Waals surface area contributed by atoms with E-state index in [0.717, 1.165) is 110 Å². The number of nitrogens with zero attached hydrogens (tertiary/aromatic N) is 2. The minimum Gasteiger partial charge on any atom is -0.310 e. The third kappa shape index (κ3) is 6.52. The summed E-state index contributed by atoms with van der Waals surface area (Å²) in [5.74, 6) is -0.574. The molecule has 0 saturated heterocycles. The summed E-state index contributed by atoms with van der Waals surface area (Å²) in [6, 6.07) is 75.2. The molecule has 0 aliphatic carbocycles. The van der Waals surface area contributed by atoms with Gasteiger partial charge in [-0.05, 0) is 209 Å². The first-order valence-corrected chi connectivity index (χ1v) is 23.1. The van der Waals surface area contributed by atoms with E-state index in [4.69, 9.17) is 0 Å². The Balaban J connectivity index is 1.05. The minimum absolute atomic E-state index is 0.287. The van der Waals surface area contributed by atoms with Gasteiger partial charge in [-0.3, -0.25) is 0 Å². The standard InChI is InChI=1S/C64H42F2N2/c1-39-11-19-47(20-12-39)67(49-23-15-41-7-3-5-9-43(41)31-49)51-25-29-55-59(35-51)57-33-45(65)17-27-53(57)61-38-64-56-30-26-52(36-60(56)58-34-46(66)18-28-54(58)62(64)37-63(55)61)68(48-21-13-40(2)14-22-48)50-24-16-42-8-4-6-10-44(42)32-50/h3-38H,1-2H3. The first-order valence-electron chi connectivity index (χ1n) is 23.1. The van der Waals surface area contributed by atoms with Crippen LogP contribution in [-0.4, -0.2) is 0 Å². The highest BCUT2D eigenvalue weighted by atomic mass is 19.1. The highest BCUT2D eigenvalue weighted by Crippen LogP contribution is 2.46. The SMILES string of the molecule is Cc1ccc(N(c2ccc3ccccc3c2)c2ccc3c(c2)c2cc(F)ccc2c2cc4c5ccc(N(c6ccc(C)cc6)c6ccc7ccccc7c6)cc5c5cc(F)ccc5c4cc32)cc1. The van der Waals surface area contributed by atoms with E-state index in [0.29, 0.717) is 0 Å². The second kappa shape index (κ2) is 15.5. The summed E-state index contributed by atoms with van der Waals surface area (Å²) in [7, 11) is 0. The van der Waals surface area contributed by atoms with E-state index in [-0.39, 0.29) is 11.6 Å². The maximum absolute atomic E-state index is 15.6. The molecule has 13 aromatic carbocycles. The third-order valence-electron chi connectivity index (χ3n) is 14.0. The Kier molecular flexibility index (Phi) is 9.06. The molecule has 0 bridgehead atoms. The Bertz CT molecular complexity index is 3920. The van der Waals surface area contributed by atoms with Crippen LogP contribution in [0.4, 0.5) is 42.9 Å². The van der Waals surface area contributed by atoms with Crippen LogP contribution in [0.3, 0.4) is 0 Å². The molecule has 0 unspecified atom stereocenters. The van der Waals surface area contributed by atoms with Crippen LogP contribution in [0.15, 0.2) is 218 Å². The summed E-state index contributed by atoms with van der Waals surface area (Å²) in [5.41, 5.74) is 8.41. The van der Waals surface area contributed by atoms with Gasteiger partial charge in [-0.2, -0.15) is 0 Å². The van der Waals surface area contributed by atoms with E-state index in [1.165, 1.54) is 21.9 Å². The van der Waals surface area contributed by atoms with Gasteiger partial charge in [0.1, 0.15) is 11.6 Å². The van der Waals surface area contributed by atoms with E-state index < -0.39 is 0 Å². The molecule has 0 aliphatic rings. The van der Waals surface area contributed by atoms with Crippen molar-refractivity contribution in [2.75, 3.05) is 9.80 Å². The summed E-state index contributed by atoms with van der Waals surface area (Å²) in [6.07, 6.45) is 0. The van der Waals surface area contributed by atoms with Crippen molar-refractivity contribution < 1.29 is 8.78 Å².